The lowest BCUT2D eigenvalue weighted by molar-refractivity contribution is 0.366. The second-order valence-electron chi connectivity index (χ2n) is 6.14. The molecule has 0 radical (unpaired) electrons. The molecule has 0 N–H and O–H groups in total. The van der Waals surface area contributed by atoms with E-state index in [1.54, 1.807) is 6.20 Å². The van der Waals surface area contributed by atoms with Crippen LogP contribution < -0.4 is 0 Å². The van der Waals surface area contributed by atoms with Gasteiger partial charge in [-0.25, -0.2) is 4.98 Å². The SMILES string of the molecule is CCCCCCC(C)(CCC)c1cnc(-n2cnnn2)cn1. The smallest absolute Gasteiger partial charge is 0.175 e. The molecular weight excluding hydrogens is 276 g/mol. The number of hydrogen-bond donors (Lipinski definition) is 0. The van der Waals surface area contributed by atoms with Gasteiger partial charge < -0.3 is 0 Å². The maximum Gasteiger partial charge on any atom is 0.175 e. The zero-order valence-corrected chi connectivity index (χ0v) is 13.9. The summed E-state index contributed by atoms with van der Waals surface area (Å²) in [7, 11) is 0. The first-order valence-corrected chi connectivity index (χ1v) is 8.25. The summed E-state index contributed by atoms with van der Waals surface area (Å²) in [4.78, 5) is 9.12. The highest BCUT2D eigenvalue weighted by molar-refractivity contribution is 5.20. The molecule has 0 aliphatic carbocycles. The van der Waals surface area contributed by atoms with Crippen molar-refractivity contribution in [3.63, 3.8) is 0 Å². The van der Waals surface area contributed by atoms with E-state index in [0.29, 0.717) is 5.82 Å². The Balaban J connectivity index is 2.10. The Morgan fingerprint density at radius 2 is 1.86 bits per heavy atom. The summed E-state index contributed by atoms with van der Waals surface area (Å²) >= 11 is 0. The van der Waals surface area contributed by atoms with Gasteiger partial charge in [0.1, 0.15) is 6.33 Å². The zero-order valence-electron chi connectivity index (χ0n) is 13.9. The molecule has 2 aromatic rings. The molecule has 0 amide bonds. The molecule has 0 bridgehead atoms. The van der Waals surface area contributed by atoms with E-state index >= 15 is 0 Å². The van der Waals surface area contributed by atoms with Gasteiger partial charge >= 0.3 is 0 Å². The fourth-order valence-electron chi connectivity index (χ4n) is 2.89. The fourth-order valence-corrected chi connectivity index (χ4v) is 2.89. The highest BCUT2D eigenvalue weighted by Gasteiger charge is 2.27. The van der Waals surface area contributed by atoms with Crippen molar-refractivity contribution in [3.8, 4) is 5.82 Å². The summed E-state index contributed by atoms with van der Waals surface area (Å²) < 4.78 is 1.52. The third-order valence-electron chi connectivity index (χ3n) is 4.22. The van der Waals surface area contributed by atoms with Crippen LogP contribution in [0.25, 0.3) is 5.82 Å². The van der Waals surface area contributed by atoms with Crippen LogP contribution in [-0.2, 0) is 5.41 Å². The van der Waals surface area contributed by atoms with Crippen molar-refractivity contribution in [1.29, 1.82) is 0 Å². The van der Waals surface area contributed by atoms with Crippen molar-refractivity contribution in [2.45, 2.75) is 71.1 Å². The maximum atomic E-state index is 4.65. The van der Waals surface area contributed by atoms with Crippen LogP contribution in [0.3, 0.4) is 0 Å². The molecule has 120 valence electrons. The van der Waals surface area contributed by atoms with Gasteiger partial charge in [0.05, 0.1) is 18.1 Å². The predicted molar refractivity (Wildman–Crippen MR) is 85.8 cm³/mol. The molecule has 1 unspecified atom stereocenters. The molecule has 2 rings (SSSR count). The summed E-state index contributed by atoms with van der Waals surface area (Å²) in [5.74, 6) is 0.651. The van der Waals surface area contributed by atoms with Crippen LogP contribution in [0.15, 0.2) is 18.7 Å². The molecule has 22 heavy (non-hydrogen) atoms. The standard InChI is InChI=1S/C16H26N6/c1-4-6-7-8-10-16(3,9-5-2)14-11-18-15(12-17-14)22-13-19-20-21-22/h11-13H,4-10H2,1-3H3. The Morgan fingerprint density at radius 3 is 2.45 bits per heavy atom. The summed E-state index contributed by atoms with van der Waals surface area (Å²) in [6.07, 6.45) is 13.8. The summed E-state index contributed by atoms with van der Waals surface area (Å²) in [6, 6.07) is 0. The number of unbranched alkanes of at least 4 members (excludes halogenated alkanes) is 3. The lowest BCUT2D eigenvalue weighted by atomic mass is 9.78. The minimum atomic E-state index is 0.106. The van der Waals surface area contributed by atoms with Gasteiger partial charge in [0.15, 0.2) is 5.82 Å². The first kappa shape index (κ1) is 16.5. The fraction of sp³-hybridized carbons (Fsp3) is 0.688. The number of hydrogen-bond acceptors (Lipinski definition) is 5. The van der Waals surface area contributed by atoms with E-state index in [1.165, 1.54) is 43.1 Å². The van der Waals surface area contributed by atoms with Gasteiger partial charge in [-0.2, -0.15) is 4.68 Å². The molecule has 0 aliphatic heterocycles. The van der Waals surface area contributed by atoms with Crippen LogP contribution in [-0.4, -0.2) is 30.2 Å². The molecule has 0 aliphatic rings. The largest absolute Gasteiger partial charge is 0.255 e. The molecule has 0 saturated carbocycles. The highest BCUT2D eigenvalue weighted by atomic mass is 15.5. The van der Waals surface area contributed by atoms with Crippen LogP contribution in [0.2, 0.25) is 0 Å². The van der Waals surface area contributed by atoms with Crippen LogP contribution >= 0.6 is 0 Å². The Labute approximate surface area is 132 Å². The minimum Gasteiger partial charge on any atom is -0.255 e. The highest BCUT2D eigenvalue weighted by Crippen LogP contribution is 2.33. The van der Waals surface area contributed by atoms with Crippen LogP contribution in [0.4, 0.5) is 0 Å². The first-order valence-electron chi connectivity index (χ1n) is 8.25. The Kier molecular flexibility index (Phi) is 5.98. The lowest BCUT2D eigenvalue weighted by Gasteiger charge is -2.28. The Hall–Kier alpha value is -1.85. The van der Waals surface area contributed by atoms with Crippen molar-refractivity contribution in [2.75, 3.05) is 0 Å². The number of nitrogens with zero attached hydrogens (tertiary/aromatic N) is 6. The average Bonchev–Trinajstić information content (AvgIpc) is 3.06. The summed E-state index contributed by atoms with van der Waals surface area (Å²) in [5, 5.41) is 11.1. The molecule has 2 aromatic heterocycles. The quantitative estimate of drug-likeness (QED) is 0.663. The van der Waals surface area contributed by atoms with E-state index in [2.05, 4.69) is 46.3 Å². The molecule has 0 fully saturated rings. The van der Waals surface area contributed by atoms with Gasteiger partial charge in [0.2, 0.25) is 0 Å². The normalized spacial score (nSPS) is 14.0. The lowest BCUT2D eigenvalue weighted by Crippen LogP contribution is -2.24. The Bertz CT molecular complexity index is 536. The van der Waals surface area contributed by atoms with E-state index in [-0.39, 0.29) is 5.41 Å². The van der Waals surface area contributed by atoms with Crippen LogP contribution in [0.5, 0.6) is 0 Å². The van der Waals surface area contributed by atoms with Gasteiger partial charge in [-0.05, 0) is 23.3 Å². The molecule has 0 aromatic carbocycles. The number of aromatic nitrogens is 6. The van der Waals surface area contributed by atoms with Crippen molar-refractivity contribution in [3.05, 3.63) is 24.4 Å². The van der Waals surface area contributed by atoms with Gasteiger partial charge in [-0.1, -0.05) is 52.9 Å². The molecule has 2 heterocycles. The van der Waals surface area contributed by atoms with Crippen molar-refractivity contribution < 1.29 is 0 Å². The molecular formula is C16H26N6. The van der Waals surface area contributed by atoms with E-state index < -0.39 is 0 Å². The van der Waals surface area contributed by atoms with E-state index in [0.717, 1.165) is 18.5 Å². The predicted octanol–water partition coefficient (Wildman–Crippen LogP) is 3.48. The second-order valence-corrected chi connectivity index (χ2v) is 6.14. The molecule has 0 saturated heterocycles. The molecule has 0 spiro atoms. The van der Waals surface area contributed by atoms with E-state index in [1.807, 2.05) is 6.20 Å². The number of rotatable bonds is 9. The van der Waals surface area contributed by atoms with E-state index in [4.69, 9.17) is 0 Å². The van der Waals surface area contributed by atoms with Crippen LogP contribution in [0, 0.1) is 0 Å². The zero-order chi connectivity index (χ0) is 15.8. The third kappa shape index (κ3) is 4.08. The topological polar surface area (TPSA) is 69.4 Å². The van der Waals surface area contributed by atoms with Crippen molar-refractivity contribution >= 4 is 0 Å². The molecule has 6 heteroatoms. The first-order chi connectivity index (χ1) is 10.7. The summed E-state index contributed by atoms with van der Waals surface area (Å²) in [5.41, 5.74) is 1.18. The monoisotopic (exact) mass is 302 g/mol. The van der Waals surface area contributed by atoms with Crippen molar-refractivity contribution in [2.24, 2.45) is 0 Å². The van der Waals surface area contributed by atoms with Gasteiger partial charge in [0.25, 0.3) is 0 Å². The van der Waals surface area contributed by atoms with Gasteiger partial charge in [-0.15, -0.1) is 5.10 Å². The van der Waals surface area contributed by atoms with Crippen molar-refractivity contribution in [1.82, 2.24) is 30.2 Å². The molecule has 1 atom stereocenters. The maximum absolute atomic E-state index is 4.65. The summed E-state index contributed by atoms with van der Waals surface area (Å²) in [6.45, 7) is 6.78. The molecule has 6 nitrogen and oxygen atoms in total. The number of tetrazole rings is 1. The Morgan fingerprint density at radius 1 is 1.00 bits per heavy atom. The van der Waals surface area contributed by atoms with Gasteiger partial charge in [0, 0.05) is 5.41 Å². The van der Waals surface area contributed by atoms with Crippen LogP contribution in [0.1, 0.15) is 71.4 Å². The van der Waals surface area contributed by atoms with E-state index in [9.17, 15) is 0 Å². The second kappa shape index (κ2) is 7.96. The average molecular weight is 302 g/mol. The van der Waals surface area contributed by atoms with Gasteiger partial charge in [-0.3, -0.25) is 4.98 Å². The minimum absolute atomic E-state index is 0.106. The third-order valence-corrected chi connectivity index (χ3v) is 4.22.